The van der Waals surface area contributed by atoms with Gasteiger partial charge < -0.3 is 16.2 Å². The molecule has 4 nitrogen and oxygen atoms in total. The number of esters is 1. The van der Waals surface area contributed by atoms with Gasteiger partial charge in [0.15, 0.2) is 5.54 Å². The molecule has 0 aliphatic rings. The molecule has 0 fully saturated rings. The van der Waals surface area contributed by atoms with Crippen LogP contribution in [0.3, 0.4) is 0 Å². The van der Waals surface area contributed by atoms with E-state index < -0.39 is 18.2 Å². The molecule has 0 bridgehead atoms. The second-order valence-electron chi connectivity index (χ2n) is 2.53. The Morgan fingerprint density at radius 1 is 1.69 bits per heavy atom. The van der Waals surface area contributed by atoms with Crippen LogP contribution in [0.15, 0.2) is 12.2 Å². The molecular formula is C8H15FN2O2. The normalized spacial score (nSPS) is 15.7. The van der Waals surface area contributed by atoms with Gasteiger partial charge in [-0.05, 0) is 6.92 Å². The summed E-state index contributed by atoms with van der Waals surface area (Å²) in [5, 5.41) is 0. The number of carbonyl (C=O) groups excluding carboxylic acids is 1. The van der Waals surface area contributed by atoms with E-state index in [9.17, 15) is 9.18 Å². The lowest BCUT2D eigenvalue weighted by molar-refractivity contribution is -0.148. The first-order chi connectivity index (χ1) is 6.10. The van der Waals surface area contributed by atoms with Crippen molar-refractivity contribution in [3.8, 4) is 0 Å². The molecule has 0 saturated carbocycles. The highest BCUT2D eigenvalue weighted by molar-refractivity contribution is 5.83. The van der Waals surface area contributed by atoms with Crippen molar-refractivity contribution in [1.82, 2.24) is 0 Å². The summed E-state index contributed by atoms with van der Waals surface area (Å²) in [6, 6.07) is 0. The molecule has 76 valence electrons. The van der Waals surface area contributed by atoms with Crippen LogP contribution in [-0.4, -0.2) is 31.3 Å². The van der Waals surface area contributed by atoms with Gasteiger partial charge in [-0.3, -0.25) is 0 Å². The quantitative estimate of drug-likeness (QED) is 0.462. The molecule has 13 heavy (non-hydrogen) atoms. The van der Waals surface area contributed by atoms with Crippen molar-refractivity contribution in [2.75, 3.05) is 19.8 Å². The van der Waals surface area contributed by atoms with Crippen LogP contribution in [0.2, 0.25) is 0 Å². The zero-order chi connectivity index (χ0) is 10.3. The first-order valence-electron chi connectivity index (χ1n) is 4.00. The summed E-state index contributed by atoms with van der Waals surface area (Å²) in [6.07, 6.45) is 2.65. The molecule has 0 aliphatic heterocycles. The van der Waals surface area contributed by atoms with Crippen molar-refractivity contribution in [2.45, 2.75) is 12.5 Å². The Kier molecular flexibility index (Phi) is 5.25. The van der Waals surface area contributed by atoms with Crippen LogP contribution in [0.1, 0.15) is 6.92 Å². The van der Waals surface area contributed by atoms with Gasteiger partial charge in [-0.25, -0.2) is 9.18 Å². The maximum atomic E-state index is 12.4. The summed E-state index contributed by atoms with van der Waals surface area (Å²) < 4.78 is 17.0. The fourth-order valence-electron chi connectivity index (χ4n) is 0.711. The van der Waals surface area contributed by atoms with Crippen LogP contribution in [-0.2, 0) is 9.53 Å². The Balaban J connectivity index is 4.42. The third kappa shape index (κ3) is 3.52. The molecule has 0 aromatic heterocycles. The van der Waals surface area contributed by atoms with Crippen molar-refractivity contribution in [3.63, 3.8) is 0 Å². The lowest BCUT2D eigenvalue weighted by Crippen LogP contribution is -2.49. The molecule has 0 saturated heterocycles. The zero-order valence-electron chi connectivity index (χ0n) is 7.63. The minimum atomic E-state index is -1.69. The van der Waals surface area contributed by atoms with Crippen LogP contribution >= 0.6 is 0 Å². The lowest BCUT2D eigenvalue weighted by atomic mass is 10.0. The summed E-state index contributed by atoms with van der Waals surface area (Å²) in [5.41, 5.74) is 8.88. The number of hydrogen-bond acceptors (Lipinski definition) is 4. The van der Waals surface area contributed by atoms with Crippen molar-refractivity contribution in [1.29, 1.82) is 0 Å². The molecule has 0 aromatic carbocycles. The van der Waals surface area contributed by atoms with E-state index in [1.165, 1.54) is 12.2 Å². The van der Waals surface area contributed by atoms with Crippen LogP contribution in [0.25, 0.3) is 0 Å². The van der Waals surface area contributed by atoms with Gasteiger partial charge in [0.25, 0.3) is 0 Å². The second kappa shape index (κ2) is 5.66. The Morgan fingerprint density at radius 2 is 2.31 bits per heavy atom. The third-order valence-electron chi connectivity index (χ3n) is 1.43. The van der Waals surface area contributed by atoms with E-state index in [4.69, 9.17) is 11.5 Å². The van der Waals surface area contributed by atoms with Crippen LogP contribution in [0.4, 0.5) is 4.39 Å². The van der Waals surface area contributed by atoms with E-state index in [0.717, 1.165) is 0 Å². The monoisotopic (exact) mass is 190 g/mol. The predicted octanol–water partition coefficient (Wildman–Crippen LogP) is -0.269. The second-order valence-corrected chi connectivity index (χ2v) is 2.53. The molecule has 0 rings (SSSR count). The fourth-order valence-corrected chi connectivity index (χ4v) is 0.711. The molecule has 1 unspecified atom stereocenters. The van der Waals surface area contributed by atoms with Gasteiger partial charge in [0.2, 0.25) is 0 Å². The first-order valence-corrected chi connectivity index (χ1v) is 4.00. The number of hydrogen-bond donors (Lipinski definition) is 2. The number of carbonyl (C=O) groups is 1. The minimum absolute atomic E-state index is 0.175. The van der Waals surface area contributed by atoms with E-state index in [1.54, 1.807) is 6.92 Å². The molecule has 0 amide bonds. The zero-order valence-corrected chi connectivity index (χ0v) is 7.63. The van der Waals surface area contributed by atoms with Crippen LogP contribution in [0, 0.1) is 0 Å². The number of alkyl halides is 1. The highest BCUT2D eigenvalue weighted by atomic mass is 19.1. The molecule has 1 atom stereocenters. The lowest BCUT2D eigenvalue weighted by Gasteiger charge is -2.19. The standard InChI is InChI=1S/C8H15FN2O2/c1-2-13-7(12)8(11,6-9)4-3-5-10/h3-4H,2,5-6,10-11H2,1H3/b4-3+. The molecule has 0 heterocycles. The topological polar surface area (TPSA) is 78.3 Å². The van der Waals surface area contributed by atoms with Crippen LogP contribution in [0.5, 0.6) is 0 Å². The van der Waals surface area contributed by atoms with Gasteiger partial charge in [0.05, 0.1) is 6.61 Å². The highest BCUT2D eigenvalue weighted by Crippen LogP contribution is 2.06. The van der Waals surface area contributed by atoms with Gasteiger partial charge >= 0.3 is 5.97 Å². The minimum Gasteiger partial charge on any atom is -0.464 e. The van der Waals surface area contributed by atoms with Crippen molar-refractivity contribution >= 4 is 5.97 Å². The van der Waals surface area contributed by atoms with Crippen molar-refractivity contribution in [2.24, 2.45) is 11.5 Å². The average molecular weight is 190 g/mol. The van der Waals surface area contributed by atoms with Gasteiger partial charge in [-0.2, -0.15) is 0 Å². The smallest absolute Gasteiger partial charge is 0.332 e. The number of halogens is 1. The maximum absolute atomic E-state index is 12.4. The highest BCUT2D eigenvalue weighted by Gasteiger charge is 2.32. The van der Waals surface area contributed by atoms with Crippen LogP contribution < -0.4 is 11.5 Å². The summed E-state index contributed by atoms with van der Waals surface area (Å²) in [6.45, 7) is 1.01. The van der Waals surface area contributed by atoms with E-state index in [0.29, 0.717) is 0 Å². The number of rotatable bonds is 5. The Morgan fingerprint density at radius 3 is 2.69 bits per heavy atom. The molecule has 4 N–H and O–H groups in total. The molecule has 0 radical (unpaired) electrons. The molecule has 0 aromatic rings. The molecule has 5 heteroatoms. The van der Waals surface area contributed by atoms with Gasteiger partial charge in [-0.1, -0.05) is 12.2 Å². The largest absolute Gasteiger partial charge is 0.464 e. The molecule has 0 spiro atoms. The third-order valence-corrected chi connectivity index (χ3v) is 1.43. The maximum Gasteiger partial charge on any atom is 0.332 e. The van der Waals surface area contributed by atoms with Crippen molar-refractivity contribution < 1.29 is 13.9 Å². The SMILES string of the molecule is CCOC(=O)C(N)(/C=C/CN)CF. The Hall–Kier alpha value is -0.940. The molecule has 0 aliphatic carbocycles. The van der Waals surface area contributed by atoms with Crippen molar-refractivity contribution in [3.05, 3.63) is 12.2 Å². The molecular weight excluding hydrogens is 175 g/mol. The fraction of sp³-hybridized carbons (Fsp3) is 0.625. The van der Waals surface area contributed by atoms with E-state index in [1.807, 2.05) is 0 Å². The van der Waals surface area contributed by atoms with Gasteiger partial charge in [-0.15, -0.1) is 0 Å². The summed E-state index contributed by atoms with van der Waals surface area (Å²) in [5.74, 6) is -0.776. The Labute approximate surface area is 76.7 Å². The van der Waals surface area contributed by atoms with E-state index in [-0.39, 0.29) is 13.2 Å². The Bertz CT molecular complexity index is 197. The number of ether oxygens (including phenoxy) is 1. The average Bonchev–Trinajstić information content (AvgIpc) is 2.14. The van der Waals surface area contributed by atoms with E-state index in [2.05, 4.69) is 4.74 Å². The van der Waals surface area contributed by atoms with Gasteiger partial charge in [0.1, 0.15) is 6.67 Å². The summed E-state index contributed by atoms with van der Waals surface area (Å²) >= 11 is 0. The summed E-state index contributed by atoms with van der Waals surface area (Å²) in [7, 11) is 0. The van der Waals surface area contributed by atoms with E-state index >= 15 is 0 Å². The first kappa shape index (κ1) is 12.1. The predicted molar refractivity (Wildman–Crippen MR) is 47.7 cm³/mol. The van der Waals surface area contributed by atoms with Gasteiger partial charge in [0, 0.05) is 6.54 Å². The summed E-state index contributed by atoms with van der Waals surface area (Å²) in [4.78, 5) is 11.1. The number of nitrogens with two attached hydrogens (primary N) is 2.